The van der Waals surface area contributed by atoms with Crippen LogP contribution in [0.1, 0.15) is 0 Å². The SMILES string of the molecule is NC1CN(c2ncc([N+](=O)[O-])cc2Br)C1. The topological polar surface area (TPSA) is 85.3 Å². The van der Waals surface area contributed by atoms with Gasteiger partial charge in [-0.1, -0.05) is 0 Å². The van der Waals surface area contributed by atoms with Gasteiger partial charge in [-0.3, -0.25) is 10.1 Å². The summed E-state index contributed by atoms with van der Waals surface area (Å²) in [5.41, 5.74) is 5.62. The van der Waals surface area contributed by atoms with Crippen LogP contribution in [0.15, 0.2) is 16.7 Å². The number of pyridine rings is 1. The number of aromatic nitrogens is 1. The molecule has 80 valence electrons. The summed E-state index contributed by atoms with van der Waals surface area (Å²) in [6.45, 7) is 1.48. The molecule has 2 heterocycles. The molecule has 0 radical (unpaired) electrons. The van der Waals surface area contributed by atoms with Crippen molar-refractivity contribution in [2.24, 2.45) is 5.73 Å². The molecule has 0 aromatic carbocycles. The van der Waals surface area contributed by atoms with Gasteiger partial charge < -0.3 is 10.6 Å². The van der Waals surface area contributed by atoms with Crippen molar-refractivity contribution in [1.29, 1.82) is 0 Å². The van der Waals surface area contributed by atoms with E-state index >= 15 is 0 Å². The number of nitrogens with zero attached hydrogens (tertiary/aromatic N) is 3. The van der Waals surface area contributed by atoms with Gasteiger partial charge >= 0.3 is 0 Å². The molecule has 1 aliphatic heterocycles. The van der Waals surface area contributed by atoms with Crippen LogP contribution in [0.4, 0.5) is 11.5 Å². The lowest BCUT2D eigenvalue weighted by molar-refractivity contribution is -0.385. The van der Waals surface area contributed by atoms with Crippen LogP contribution >= 0.6 is 15.9 Å². The maximum atomic E-state index is 10.5. The van der Waals surface area contributed by atoms with Gasteiger partial charge in [0.1, 0.15) is 12.0 Å². The molecule has 1 aliphatic rings. The van der Waals surface area contributed by atoms with Crippen LogP contribution in [0, 0.1) is 10.1 Å². The Morgan fingerprint density at radius 3 is 2.80 bits per heavy atom. The predicted octanol–water partition coefficient (Wildman–Crippen LogP) is 0.900. The molecule has 0 unspecified atom stereocenters. The quantitative estimate of drug-likeness (QED) is 0.639. The predicted molar refractivity (Wildman–Crippen MR) is 58.8 cm³/mol. The van der Waals surface area contributed by atoms with Gasteiger partial charge in [-0.05, 0) is 15.9 Å². The van der Waals surface area contributed by atoms with E-state index in [1.807, 2.05) is 4.90 Å². The Morgan fingerprint density at radius 1 is 1.67 bits per heavy atom. The van der Waals surface area contributed by atoms with Crippen molar-refractivity contribution in [1.82, 2.24) is 4.98 Å². The fourth-order valence-electron chi connectivity index (χ4n) is 1.44. The highest BCUT2D eigenvalue weighted by molar-refractivity contribution is 9.10. The zero-order valence-electron chi connectivity index (χ0n) is 7.76. The standard InChI is InChI=1S/C8H9BrN4O2/c9-7-1-6(13(14)15)2-11-8(7)12-3-5(10)4-12/h1-2,5H,3-4,10H2. The van der Waals surface area contributed by atoms with E-state index in [9.17, 15) is 10.1 Å². The van der Waals surface area contributed by atoms with Crippen LogP contribution in [0.25, 0.3) is 0 Å². The molecular weight excluding hydrogens is 264 g/mol. The number of anilines is 1. The van der Waals surface area contributed by atoms with E-state index < -0.39 is 4.92 Å². The van der Waals surface area contributed by atoms with Crippen LogP contribution < -0.4 is 10.6 Å². The number of nitro groups is 1. The van der Waals surface area contributed by atoms with E-state index in [4.69, 9.17) is 5.73 Å². The van der Waals surface area contributed by atoms with Crippen molar-refractivity contribution in [3.63, 3.8) is 0 Å². The average molecular weight is 273 g/mol. The molecule has 0 amide bonds. The van der Waals surface area contributed by atoms with Gasteiger partial charge in [0.25, 0.3) is 5.69 Å². The van der Waals surface area contributed by atoms with Crippen LogP contribution in [0.3, 0.4) is 0 Å². The molecule has 0 aliphatic carbocycles. The van der Waals surface area contributed by atoms with E-state index in [0.717, 1.165) is 13.1 Å². The first-order valence-electron chi connectivity index (χ1n) is 4.38. The Hall–Kier alpha value is -1.21. The highest BCUT2D eigenvalue weighted by Crippen LogP contribution is 2.29. The molecule has 0 bridgehead atoms. The zero-order chi connectivity index (χ0) is 11.0. The van der Waals surface area contributed by atoms with Crippen molar-refractivity contribution in [2.75, 3.05) is 18.0 Å². The minimum atomic E-state index is -0.469. The number of nitrogens with two attached hydrogens (primary N) is 1. The monoisotopic (exact) mass is 272 g/mol. The second-order valence-corrected chi connectivity index (χ2v) is 4.28. The second-order valence-electron chi connectivity index (χ2n) is 3.42. The smallest absolute Gasteiger partial charge is 0.288 e. The fourth-order valence-corrected chi connectivity index (χ4v) is 2.03. The third-order valence-electron chi connectivity index (χ3n) is 2.23. The van der Waals surface area contributed by atoms with Gasteiger partial charge in [0.05, 0.1) is 9.40 Å². The van der Waals surface area contributed by atoms with E-state index in [2.05, 4.69) is 20.9 Å². The van der Waals surface area contributed by atoms with E-state index in [-0.39, 0.29) is 11.7 Å². The summed E-state index contributed by atoms with van der Waals surface area (Å²) >= 11 is 3.26. The number of rotatable bonds is 2. The van der Waals surface area contributed by atoms with Crippen LogP contribution in [0.2, 0.25) is 0 Å². The van der Waals surface area contributed by atoms with Crippen molar-refractivity contribution in [2.45, 2.75) is 6.04 Å². The summed E-state index contributed by atoms with van der Waals surface area (Å²) in [4.78, 5) is 16.0. The number of halogens is 1. The third kappa shape index (κ3) is 1.93. The highest BCUT2D eigenvalue weighted by atomic mass is 79.9. The van der Waals surface area contributed by atoms with Gasteiger partial charge in [0.2, 0.25) is 0 Å². The maximum Gasteiger partial charge on any atom is 0.288 e. The summed E-state index contributed by atoms with van der Waals surface area (Å²) in [6, 6.07) is 1.63. The van der Waals surface area contributed by atoms with Crippen molar-refractivity contribution in [3.05, 3.63) is 26.9 Å². The molecule has 0 atom stereocenters. The molecule has 1 saturated heterocycles. The number of hydrogen-bond acceptors (Lipinski definition) is 5. The van der Waals surface area contributed by atoms with Gasteiger partial charge in [0.15, 0.2) is 0 Å². The van der Waals surface area contributed by atoms with Gasteiger partial charge in [-0.2, -0.15) is 0 Å². The normalized spacial score (nSPS) is 16.3. The molecule has 0 saturated carbocycles. The molecule has 15 heavy (non-hydrogen) atoms. The Balaban J connectivity index is 2.23. The van der Waals surface area contributed by atoms with E-state index in [1.165, 1.54) is 12.3 Å². The summed E-state index contributed by atoms with van der Waals surface area (Å²) < 4.78 is 0.628. The van der Waals surface area contributed by atoms with Gasteiger partial charge in [-0.25, -0.2) is 4.98 Å². The lowest BCUT2D eigenvalue weighted by atomic mass is 10.1. The molecule has 2 N–H and O–H groups in total. The van der Waals surface area contributed by atoms with Crippen molar-refractivity contribution in [3.8, 4) is 0 Å². The van der Waals surface area contributed by atoms with Gasteiger partial charge in [0, 0.05) is 25.2 Å². The second kappa shape index (κ2) is 3.74. The molecular formula is C8H9BrN4O2. The summed E-state index contributed by atoms with van der Waals surface area (Å²) in [7, 11) is 0. The molecule has 2 rings (SSSR count). The zero-order valence-corrected chi connectivity index (χ0v) is 9.35. The first-order chi connectivity index (χ1) is 7.08. The lowest BCUT2D eigenvalue weighted by Gasteiger charge is -2.38. The lowest BCUT2D eigenvalue weighted by Crippen LogP contribution is -2.56. The minimum absolute atomic E-state index is 0.0181. The Bertz CT molecular complexity index is 406. The Kier molecular flexibility index (Phi) is 2.57. The third-order valence-corrected chi connectivity index (χ3v) is 2.81. The minimum Gasteiger partial charge on any atom is -0.352 e. The number of hydrogen-bond donors (Lipinski definition) is 1. The van der Waals surface area contributed by atoms with Gasteiger partial charge in [-0.15, -0.1) is 0 Å². The van der Waals surface area contributed by atoms with Crippen molar-refractivity contribution >= 4 is 27.4 Å². The largest absolute Gasteiger partial charge is 0.352 e. The first-order valence-corrected chi connectivity index (χ1v) is 5.17. The van der Waals surface area contributed by atoms with Crippen LogP contribution in [-0.4, -0.2) is 29.0 Å². The van der Waals surface area contributed by atoms with Crippen LogP contribution in [-0.2, 0) is 0 Å². The molecule has 1 aromatic heterocycles. The fraction of sp³-hybridized carbons (Fsp3) is 0.375. The molecule has 6 nitrogen and oxygen atoms in total. The van der Waals surface area contributed by atoms with E-state index in [1.54, 1.807) is 0 Å². The summed E-state index contributed by atoms with van der Waals surface area (Å²) in [6.07, 6.45) is 1.25. The average Bonchev–Trinajstić information content (AvgIpc) is 2.13. The molecule has 1 aromatic rings. The summed E-state index contributed by atoms with van der Waals surface area (Å²) in [5, 5.41) is 10.5. The van der Waals surface area contributed by atoms with E-state index in [0.29, 0.717) is 10.3 Å². The summed E-state index contributed by atoms with van der Waals surface area (Å²) in [5.74, 6) is 0.710. The van der Waals surface area contributed by atoms with Crippen molar-refractivity contribution < 1.29 is 4.92 Å². The molecule has 0 spiro atoms. The Labute approximate surface area is 94.4 Å². The highest BCUT2D eigenvalue weighted by Gasteiger charge is 2.26. The molecule has 1 fully saturated rings. The Morgan fingerprint density at radius 2 is 2.33 bits per heavy atom. The first kappa shape index (κ1) is 10.3. The molecule has 7 heteroatoms. The van der Waals surface area contributed by atoms with Crippen LogP contribution in [0.5, 0.6) is 0 Å². The maximum absolute atomic E-state index is 10.5.